The van der Waals surface area contributed by atoms with Crippen LogP contribution in [0.1, 0.15) is 25.0 Å². The van der Waals surface area contributed by atoms with Gasteiger partial charge in [-0.05, 0) is 31.9 Å². The number of nitrogens with zero attached hydrogens (tertiary/aromatic N) is 6. The number of likely N-dealkylation sites (tertiary alicyclic amines) is 1. The average molecular weight is 365 g/mol. The van der Waals surface area contributed by atoms with Gasteiger partial charge in [-0.3, -0.25) is 14.5 Å². The van der Waals surface area contributed by atoms with Gasteiger partial charge in [0.25, 0.3) is 0 Å². The van der Waals surface area contributed by atoms with Gasteiger partial charge in [-0.15, -0.1) is 0 Å². The normalized spacial score (nSPS) is 14.3. The first-order valence-corrected chi connectivity index (χ1v) is 9.27. The van der Waals surface area contributed by atoms with Gasteiger partial charge >= 0.3 is 0 Å². The molecular formula is C19H23N7O. The van der Waals surface area contributed by atoms with Crippen LogP contribution in [0.3, 0.4) is 0 Å². The molecule has 4 rings (SSSR count). The van der Waals surface area contributed by atoms with E-state index in [4.69, 9.17) is 4.98 Å². The van der Waals surface area contributed by atoms with E-state index in [2.05, 4.69) is 20.4 Å². The van der Waals surface area contributed by atoms with Crippen LogP contribution in [0.5, 0.6) is 0 Å². The number of nitrogens with one attached hydrogen (secondary N) is 1. The molecule has 1 saturated heterocycles. The molecule has 0 spiro atoms. The van der Waals surface area contributed by atoms with Crippen LogP contribution in [0.4, 0.5) is 5.82 Å². The molecule has 0 saturated carbocycles. The second kappa shape index (κ2) is 7.30. The lowest BCUT2D eigenvalue weighted by Crippen LogP contribution is -2.27. The van der Waals surface area contributed by atoms with E-state index >= 15 is 0 Å². The van der Waals surface area contributed by atoms with Gasteiger partial charge in [-0.1, -0.05) is 0 Å². The molecule has 8 heteroatoms. The van der Waals surface area contributed by atoms with Gasteiger partial charge in [0.05, 0.1) is 11.1 Å². The van der Waals surface area contributed by atoms with Crippen LogP contribution >= 0.6 is 0 Å². The number of aryl methyl sites for hydroxylation is 2. The first-order valence-electron chi connectivity index (χ1n) is 9.27. The Labute approximate surface area is 157 Å². The number of fused-ring (bicyclic) bond motifs is 1. The second-order valence-corrected chi connectivity index (χ2v) is 6.81. The minimum absolute atomic E-state index is 0.265. The summed E-state index contributed by atoms with van der Waals surface area (Å²) in [5.74, 6) is 1.66. The van der Waals surface area contributed by atoms with Crippen molar-refractivity contribution in [2.75, 3.05) is 25.0 Å². The number of hydrogen-bond acceptors (Lipinski definition) is 6. The van der Waals surface area contributed by atoms with Gasteiger partial charge in [-0.2, -0.15) is 5.10 Å². The van der Waals surface area contributed by atoms with Gasteiger partial charge < -0.3 is 10.2 Å². The monoisotopic (exact) mass is 365 g/mol. The zero-order valence-electron chi connectivity index (χ0n) is 15.6. The van der Waals surface area contributed by atoms with Crippen molar-refractivity contribution in [1.82, 2.24) is 29.6 Å². The summed E-state index contributed by atoms with van der Waals surface area (Å²) in [5.41, 5.74) is 2.55. The van der Waals surface area contributed by atoms with E-state index in [0.29, 0.717) is 12.2 Å². The molecular weight excluding hydrogens is 342 g/mol. The number of carbonyl (C=O) groups is 1. The fourth-order valence-electron chi connectivity index (χ4n) is 3.51. The number of anilines is 1. The van der Waals surface area contributed by atoms with Gasteiger partial charge in [0.1, 0.15) is 5.82 Å². The molecule has 1 aliphatic rings. The van der Waals surface area contributed by atoms with Crippen LogP contribution in [-0.2, 0) is 11.8 Å². The van der Waals surface area contributed by atoms with Crippen molar-refractivity contribution in [1.29, 1.82) is 0 Å². The van der Waals surface area contributed by atoms with E-state index in [1.807, 2.05) is 31.0 Å². The predicted molar refractivity (Wildman–Crippen MR) is 103 cm³/mol. The first-order chi connectivity index (χ1) is 13.1. The molecule has 0 unspecified atom stereocenters. The number of hydrogen-bond donors (Lipinski definition) is 1. The molecule has 1 fully saturated rings. The van der Waals surface area contributed by atoms with Crippen LogP contribution in [0.2, 0.25) is 0 Å². The number of aromatic nitrogens is 5. The number of rotatable bonds is 6. The lowest BCUT2D eigenvalue weighted by Gasteiger charge is -2.15. The molecule has 0 aromatic carbocycles. The summed E-state index contributed by atoms with van der Waals surface area (Å²) in [6.07, 6.45) is 6.02. The van der Waals surface area contributed by atoms with Crippen molar-refractivity contribution in [3.05, 3.63) is 30.2 Å². The second-order valence-electron chi connectivity index (χ2n) is 6.81. The minimum atomic E-state index is 0.265. The highest BCUT2D eigenvalue weighted by atomic mass is 16.2. The molecule has 1 aliphatic heterocycles. The van der Waals surface area contributed by atoms with E-state index < -0.39 is 0 Å². The average Bonchev–Trinajstić information content (AvgIpc) is 3.22. The smallest absolute Gasteiger partial charge is 0.222 e. The van der Waals surface area contributed by atoms with Crippen molar-refractivity contribution >= 4 is 22.8 Å². The van der Waals surface area contributed by atoms with Crippen molar-refractivity contribution < 1.29 is 4.79 Å². The maximum atomic E-state index is 11.7. The summed E-state index contributed by atoms with van der Waals surface area (Å²) < 4.78 is 1.78. The van der Waals surface area contributed by atoms with Gasteiger partial charge in [-0.25, -0.2) is 9.97 Å². The van der Waals surface area contributed by atoms with Gasteiger partial charge in [0.2, 0.25) is 5.91 Å². The van der Waals surface area contributed by atoms with E-state index in [-0.39, 0.29) is 5.91 Å². The molecule has 0 radical (unpaired) electrons. The molecule has 140 valence electrons. The maximum Gasteiger partial charge on any atom is 0.222 e. The van der Waals surface area contributed by atoms with E-state index in [0.717, 1.165) is 60.6 Å². The van der Waals surface area contributed by atoms with E-state index in [9.17, 15) is 4.79 Å². The highest BCUT2D eigenvalue weighted by molar-refractivity contribution is 5.90. The summed E-state index contributed by atoms with van der Waals surface area (Å²) in [5, 5.41) is 8.85. The summed E-state index contributed by atoms with van der Waals surface area (Å²) in [4.78, 5) is 27.3. The summed E-state index contributed by atoms with van der Waals surface area (Å²) in [7, 11) is 1.89. The highest BCUT2D eigenvalue weighted by Crippen LogP contribution is 2.26. The highest BCUT2D eigenvalue weighted by Gasteiger charge is 2.19. The molecule has 1 N–H and O–H groups in total. The standard InChI is InChI=1S/C19H23N7O/c1-13-16-18(21-9-5-11-26-10-4-7-15(26)27)22-17(14-6-3-8-20-12-14)23-19(16)25(2)24-13/h3,6,8,12H,4-5,7,9-11H2,1-2H3,(H,21,22,23). The number of pyridine rings is 1. The molecule has 1 amide bonds. The lowest BCUT2D eigenvalue weighted by molar-refractivity contribution is -0.127. The minimum Gasteiger partial charge on any atom is -0.369 e. The Morgan fingerprint density at radius 2 is 2.19 bits per heavy atom. The van der Waals surface area contributed by atoms with Crippen molar-refractivity contribution in [3.8, 4) is 11.4 Å². The summed E-state index contributed by atoms with van der Waals surface area (Å²) >= 11 is 0. The lowest BCUT2D eigenvalue weighted by atomic mass is 10.2. The zero-order valence-corrected chi connectivity index (χ0v) is 15.6. The van der Waals surface area contributed by atoms with E-state index in [1.54, 1.807) is 17.1 Å². The Morgan fingerprint density at radius 1 is 1.30 bits per heavy atom. The Hall–Kier alpha value is -3.03. The van der Waals surface area contributed by atoms with Gasteiger partial charge in [0, 0.05) is 51.1 Å². The Morgan fingerprint density at radius 3 is 2.93 bits per heavy atom. The van der Waals surface area contributed by atoms with Gasteiger partial charge in [0.15, 0.2) is 11.5 Å². The molecule has 27 heavy (non-hydrogen) atoms. The zero-order chi connectivity index (χ0) is 18.8. The van der Waals surface area contributed by atoms with Crippen LogP contribution in [-0.4, -0.2) is 55.2 Å². The Kier molecular flexibility index (Phi) is 4.70. The fourth-order valence-corrected chi connectivity index (χ4v) is 3.51. The first kappa shape index (κ1) is 17.4. The van der Waals surface area contributed by atoms with Crippen molar-refractivity contribution in [2.45, 2.75) is 26.2 Å². The van der Waals surface area contributed by atoms with Crippen LogP contribution in [0.15, 0.2) is 24.5 Å². The summed E-state index contributed by atoms with van der Waals surface area (Å²) in [6.45, 7) is 4.35. The molecule has 0 atom stereocenters. The van der Waals surface area contributed by atoms with Crippen molar-refractivity contribution in [3.63, 3.8) is 0 Å². The third-order valence-electron chi connectivity index (χ3n) is 4.85. The molecule has 8 nitrogen and oxygen atoms in total. The fraction of sp³-hybridized carbons (Fsp3) is 0.421. The molecule has 0 bridgehead atoms. The number of amides is 1. The molecule has 3 aromatic heterocycles. The third-order valence-corrected chi connectivity index (χ3v) is 4.85. The van der Waals surface area contributed by atoms with Crippen molar-refractivity contribution in [2.24, 2.45) is 7.05 Å². The molecule has 4 heterocycles. The Bertz CT molecular complexity index is 967. The van der Waals surface area contributed by atoms with E-state index in [1.165, 1.54) is 0 Å². The largest absolute Gasteiger partial charge is 0.369 e. The van der Waals surface area contributed by atoms with Crippen LogP contribution < -0.4 is 5.32 Å². The third kappa shape index (κ3) is 3.47. The summed E-state index contributed by atoms with van der Waals surface area (Å²) in [6, 6.07) is 3.82. The SMILES string of the molecule is Cc1nn(C)c2nc(-c3cccnc3)nc(NCCCN3CCCC3=O)c12. The topological polar surface area (TPSA) is 88.8 Å². The quantitative estimate of drug-likeness (QED) is 0.674. The predicted octanol–water partition coefficient (Wildman–Crippen LogP) is 2.16. The maximum absolute atomic E-state index is 11.7. The molecule has 3 aromatic rings. The molecule has 0 aliphatic carbocycles. The van der Waals surface area contributed by atoms with Crippen LogP contribution in [0.25, 0.3) is 22.4 Å². The number of carbonyl (C=O) groups excluding carboxylic acids is 1. The Balaban J connectivity index is 1.57. The van der Waals surface area contributed by atoms with Crippen LogP contribution in [0, 0.1) is 6.92 Å².